The van der Waals surface area contributed by atoms with E-state index in [0.717, 1.165) is 17.5 Å². The zero-order valence-corrected chi connectivity index (χ0v) is 14.3. The van der Waals surface area contributed by atoms with Gasteiger partial charge in [-0.3, -0.25) is 4.79 Å². The molecular weight excluding hydrogens is 361 g/mol. The Labute approximate surface area is 143 Å². The Bertz CT molecular complexity index is 888. The lowest BCUT2D eigenvalue weighted by molar-refractivity contribution is 0.477. The van der Waals surface area contributed by atoms with Crippen molar-refractivity contribution in [1.82, 2.24) is 14.1 Å². The van der Waals surface area contributed by atoms with Crippen molar-refractivity contribution in [3.05, 3.63) is 50.9 Å². The average Bonchev–Trinajstić information content (AvgIpc) is 3.08. The molecule has 0 saturated carbocycles. The molecule has 1 aliphatic heterocycles. The lowest BCUT2D eigenvalue weighted by Crippen LogP contribution is -2.28. The Morgan fingerprint density at radius 3 is 2.26 bits per heavy atom. The number of hydrogen-bond acceptors (Lipinski definition) is 4. The van der Waals surface area contributed by atoms with E-state index in [9.17, 15) is 13.2 Å². The van der Waals surface area contributed by atoms with Crippen molar-refractivity contribution in [3.8, 4) is 5.69 Å². The minimum absolute atomic E-state index is 0.0705. The van der Waals surface area contributed by atoms with Gasteiger partial charge in [-0.25, -0.2) is 8.42 Å². The molecule has 1 fully saturated rings. The molecule has 3 rings (SSSR count). The molecule has 2 aromatic rings. The molecular formula is C14H13Cl2N3O3S. The predicted molar refractivity (Wildman–Crippen MR) is 87.8 cm³/mol. The zero-order valence-electron chi connectivity index (χ0n) is 11.9. The summed E-state index contributed by atoms with van der Waals surface area (Å²) < 4.78 is 27.4. The Morgan fingerprint density at radius 1 is 1.04 bits per heavy atom. The van der Waals surface area contributed by atoms with Gasteiger partial charge in [-0.2, -0.15) is 14.1 Å². The van der Waals surface area contributed by atoms with Crippen LogP contribution in [-0.4, -0.2) is 35.6 Å². The van der Waals surface area contributed by atoms with Crippen molar-refractivity contribution in [2.75, 3.05) is 13.1 Å². The number of hydrogen-bond donors (Lipinski definition) is 0. The molecule has 122 valence electrons. The molecule has 0 amide bonds. The van der Waals surface area contributed by atoms with Crippen molar-refractivity contribution in [2.24, 2.45) is 0 Å². The van der Waals surface area contributed by atoms with Gasteiger partial charge in [0.05, 0.1) is 21.8 Å². The van der Waals surface area contributed by atoms with E-state index < -0.39 is 15.6 Å². The summed E-state index contributed by atoms with van der Waals surface area (Å²) in [6, 6.07) is 5.95. The third kappa shape index (κ3) is 3.01. The van der Waals surface area contributed by atoms with Gasteiger partial charge in [0.25, 0.3) is 5.56 Å². The van der Waals surface area contributed by atoms with Gasteiger partial charge in [-0.15, -0.1) is 0 Å². The second-order valence-electron chi connectivity index (χ2n) is 5.13. The number of halogens is 2. The summed E-state index contributed by atoms with van der Waals surface area (Å²) in [5, 5.41) is 3.85. The molecule has 1 saturated heterocycles. The van der Waals surface area contributed by atoms with E-state index >= 15 is 0 Å². The van der Waals surface area contributed by atoms with E-state index in [2.05, 4.69) is 5.10 Å². The molecule has 1 aromatic heterocycles. The maximum Gasteiger partial charge on any atom is 0.291 e. The molecule has 6 nitrogen and oxygen atoms in total. The van der Waals surface area contributed by atoms with Crippen LogP contribution in [0.1, 0.15) is 12.8 Å². The van der Waals surface area contributed by atoms with Crippen LogP contribution in [0.15, 0.2) is 40.2 Å². The zero-order chi connectivity index (χ0) is 16.6. The van der Waals surface area contributed by atoms with Crippen LogP contribution in [0.3, 0.4) is 0 Å². The van der Waals surface area contributed by atoms with Gasteiger partial charge in [-0.05, 0) is 37.1 Å². The molecule has 0 radical (unpaired) electrons. The van der Waals surface area contributed by atoms with Crippen LogP contribution in [0.4, 0.5) is 0 Å². The number of benzene rings is 1. The first-order valence-electron chi connectivity index (χ1n) is 6.95. The minimum atomic E-state index is -3.48. The van der Waals surface area contributed by atoms with E-state index in [-0.39, 0.29) is 14.9 Å². The summed E-state index contributed by atoms with van der Waals surface area (Å²) in [6.45, 7) is 1.08. The lowest BCUT2D eigenvalue weighted by atomic mass is 10.3. The molecule has 23 heavy (non-hydrogen) atoms. The van der Waals surface area contributed by atoms with Gasteiger partial charge < -0.3 is 0 Å². The molecule has 0 aliphatic carbocycles. The predicted octanol–water partition coefficient (Wildman–Crippen LogP) is 2.32. The van der Waals surface area contributed by atoms with E-state index in [0.29, 0.717) is 18.8 Å². The first-order valence-corrected chi connectivity index (χ1v) is 9.15. The highest BCUT2D eigenvalue weighted by Crippen LogP contribution is 2.22. The Kier molecular flexibility index (Phi) is 4.46. The molecule has 0 spiro atoms. The van der Waals surface area contributed by atoms with Crippen molar-refractivity contribution >= 4 is 33.2 Å². The molecule has 0 atom stereocenters. The van der Waals surface area contributed by atoms with Crippen molar-refractivity contribution in [3.63, 3.8) is 0 Å². The van der Waals surface area contributed by atoms with Crippen molar-refractivity contribution in [1.29, 1.82) is 0 Å². The quantitative estimate of drug-likeness (QED) is 0.827. The summed E-state index contributed by atoms with van der Waals surface area (Å²) in [5.74, 6) is 0. The normalized spacial score (nSPS) is 15.9. The summed E-state index contributed by atoms with van der Waals surface area (Å²) >= 11 is 11.6. The SMILES string of the molecule is O=c1c(Cl)c(Cl)cnn1-c1ccc(S(=O)(=O)N2CCCC2)cc1. The second kappa shape index (κ2) is 6.24. The summed E-state index contributed by atoms with van der Waals surface area (Å²) in [4.78, 5) is 12.2. The van der Waals surface area contributed by atoms with Crippen LogP contribution in [0.25, 0.3) is 5.69 Å². The van der Waals surface area contributed by atoms with Crippen LogP contribution < -0.4 is 5.56 Å². The molecule has 1 aliphatic rings. The molecule has 0 unspecified atom stereocenters. The Hall–Kier alpha value is -1.41. The largest absolute Gasteiger partial charge is 0.291 e. The van der Waals surface area contributed by atoms with E-state index in [1.165, 1.54) is 34.8 Å². The first kappa shape index (κ1) is 16.4. The van der Waals surface area contributed by atoms with E-state index in [1.54, 1.807) is 0 Å². The third-order valence-electron chi connectivity index (χ3n) is 3.66. The van der Waals surface area contributed by atoms with E-state index in [1.807, 2.05) is 0 Å². The minimum Gasteiger partial charge on any atom is -0.266 e. The highest BCUT2D eigenvalue weighted by atomic mass is 35.5. The Balaban J connectivity index is 1.97. The highest BCUT2D eigenvalue weighted by molar-refractivity contribution is 7.89. The third-order valence-corrected chi connectivity index (χ3v) is 6.32. The van der Waals surface area contributed by atoms with Gasteiger partial charge >= 0.3 is 0 Å². The van der Waals surface area contributed by atoms with Gasteiger partial charge in [-0.1, -0.05) is 23.2 Å². The van der Waals surface area contributed by atoms with E-state index in [4.69, 9.17) is 23.2 Å². The fourth-order valence-electron chi connectivity index (χ4n) is 2.43. The average molecular weight is 374 g/mol. The van der Waals surface area contributed by atoms with Gasteiger partial charge in [0, 0.05) is 13.1 Å². The molecule has 2 heterocycles. The van der Waals surface area contributed by atoms with Crippen molar-refractivity contribution < 1.29 is 8.42 Å². The van der Waals surface area contributed by atoms with Crippen LogP contribution in [0.2, 0.25) is 10.0 Å². The van der Waals surface area contributed by atoms with Crippen LogP contribution in [0, 0.1) is 0 Å². The molecule has 0 N–H and O–H groups in total. The number of sulfonamides is 1. The van der Waals surface area contributed by atoms with Gasteiger partial charge in [0.1, 0.15) is 5.02 Å². The maximum atomic E-state index is 12.5. The van der Waals surface area contributed by atoms with Crippen molar-refractivity contribution in [2.45, 2.75) is 17.7 Å². The summed E-state index contributed by atoms with van der Waals surface area (Å²) in [7, 11) is -3.48. The fourth-order valence-corrected chi connectivity index (χ4v) is 4.20. The molecule has 1 aromatic carbocycles. The topological polar surface area (TPSA) is 72.3 Å². The van der Waals surface area contributed by atoms with Crippen LogP contribution in [-0.2, 0) is 10.0 Å². The second-order valence-corrected chi connectivity index (χ2v) is 7.85. The van der Waals surface area contributed by atoms with Crippen LogP contribution >= 0.6 is 23.2 Å². The lowest BCUT2D eigenvalue weighted by Gasteiger charge is -2.15. The number of nitrogens with zero attached hydrogens (tertiary/aromatic N) is 3. The Morgan fingerprint density at radius 2 is 1.65 bits per heavy atom. The summed E-state index contributed by atoms with van der Waals surface area (Å²) in [5.41, 5.74) is -0.150. The monoisotopic (exact) mass is 373 g/mol. The molecule has 0 bridgehead atoms. The smallest absolute Gasteiger partial charge is 0.266 e. The standard InChI is InChI=1S/C14H13Cl2N3O3S/c15-12-9-17-19(14(20)13(12)16)10-3-5-11(6-4-10)23(21,22)18-7-1-2-8-18/h3-6,9H,1-2,7-8H2. The number of rotatable bonds is 3. The first-order chi connectivity index (χ1) is 10.9. The molecule has 9 heteroatoms. The number of aromatic nitrogens is 2. The maximum absolute atomic E-state index is 12.5. The van der Waals surface area contributed by atoms with Gasteiger partial charge in [0.15, 0.2) is 0 Å². The van der Waals surface area contributed by atoms with Gasteiger partial charge in [0.2, 0.25) is 10.0 Å². The van der Waals surface area contributed by atoms with Crippen LogP contribution in [0.5, 0.6) is 0 Å². The highest BCUT2D eigenvalue weighted by Gasteiger charge is 2.27. The fraction of sp³-hybridized carbons (Fsp3) is 0.286. The summed E-state index contributed by atoms with van der Waals surface area (Å²) in [6.07, 6.45) is 3.01.